The fourth-order valence-electron chi connectivity index (χ4n) is 2.78. The summed E-state index contributed by atoms with van der Waals surface area (Å²) in [4.78, 5) is 0. The van der Waals surface area contributed by atoms with Crippen LogP contribution in [0.2, 0.25) is 0 Å². The van der Waals surface area contributed by atoms with Gasteiger partial charge < -0.3 is 10.1 Å². The number of ether oxygens (including phenoxy) is 1. The Morgan fingerprint density at radius 1 is 1.39 bits per heavy atom. The second-order valence-corrected chi connectivity index (χ2v) is 5.39. The number of benzene rings is 1. The Bertz CT molecular complexity index is 377. The van der Waals surface area contributed by atoms with Gasteiger partial charge in [0.1, 0.15) is 0 Å². The first kappa shape index (κ1) is 13.6. The Labute approximate surface area is 111 Å². The summed E-state index contributed by atoms with van der Waals surface area (Å²) in [6.07, 6.45) is 2.65. The molecule has 0 aliphatic carbocycles. The standard InChI is InChI=1S/C16H25NO/c1-4-10-17-15(16-13(3)9-11-18-16)14-8-6-5-7-12(14)2/h5-8,13,15-17H,4,9-11H2,1-3H3. The van der Waals surface area contributed by atoms with Crippen molar-refractivity contribution in [2.75, 3.05) is 13.2 Å². The summed E-state index contributed by atoms with van der Waals surface area (Å²) in [7, 11) is 0. The second-order valence-electron chi connectivity index (χ2n) is 5.39. The molecule has 0 amide bonds. The highest BCUT2D eigenvalue weighted by Gasteiger charge is 2.33. The summed E-state index contributed by atoms with van der Waals surface area (Å²) in [6.45, 7) is 8.65. The van der Waals surface area contributed by atoms with E-state index in [1.54, 1.807) is 0 Å². The third kappa shape index (κ3) is 2.93. The van der Waals surface area contributed by atoms with Gasteiger partial charge in [0.2, 0.25) is 0 Å². The van der Waals surface area contributed by atoms with Crippen molar-refractivity contribution in [2.24, 2.45) is 5.92 Å². The fraction of sp³-hybridized carbons (Fsp3) is 0.625. The van der Waals surface area contributed by atoms with Gasteiger partial charge in [-0.2, -0.15) is 0 Å². The summed E-state index contributed by atoms with van der Waals surface area (Å²) in [5.41, 5.74) is 2.75. The van der Waals surface area contributed by atoms with Crippen LogP contribution in [0, 0.1) is 12.8 Å². The van der Waals surface area contributed by atoms with Crippen LogP contribution in [0.25, 0.3) is 0 Å². The maximum Gasteiger partial charge on any atom is 0.0796 e. The van der Waals surface area contributed by atoms with Crippen LogP contribution in [0.4, 0.5) is 0 Å². The molecule has 2 heteroatoms. The van der Waals surface area contributed by atoms with Crippen molar-refractivity contribution in [3.63, 3.8) is 0 Å². The molecule has 0 saturated carbocycles. The Kier molecular flexibility index (Phi) is 4.79. The Morgan fingerprint density at radius 2 is 2.17 bits per heavy atom. The molecule has 1 N–H and O–H groups in total. The molecule has 0 aromatic heterocycles. The van der Waals surface area contributed by atoms with E-state index in [9.17, 15) is 0 Å². The van der Waals surface area contributed by atoms with Gasteiger partial charge in [-0.3, -0.25) is 0 Å². The number of nitrogens with one attached hydrogen (secondary N) is 1. The van der Waals surface area contributed by atoms with Crippen molar-refractivity contribution in [3.05, 3.63) is 35.4 Å². The topological polar surface area (TPSA) is 21.3 Å². The number of aryl methyl sites for hydroxylation is 1. The molecule has 1 heterocycles. The minimum atomic E-state index is 0.317. The van der Waals surface area contributed by atoms with Crippen LogP contribution in [0.5, 0.6) is 0 Å². The number of hydrogen-bond donors (Lipinski definition) is 1. The van der Waals surface area contributed by atoms with Gasteiger partial charge >= 0.3 is 0 Å². The summed E-state index contributed by atoms with van der Waals surface area (Å²) in [5.74, 6) is 0.638. The zero-order chi connectivity index (χ0) is 13.0. The highest BCUT2D eigenvalue weighted by atomic mass is 16.5. The third-order valence-electron chi connectivity index (χ3n) is 3.91. The lowest BCUT2D eigenvalue weighted by atomic mass is 9.90. The Balaban J connectivity index is 2.21. The van der Waals surface area contributed by atoms with E-state index < -0.39 is 0 Å². The first-order valence-corrected chi connectivity index (χ1v) is 7.14. The van der Waals surface area contributed by atoms with Gasteiger partial charge in [0.15, 0.2) is 0 Å². The van der Waals surface area contributed by atoms with Gasteiger partial charge in [0, 0.05) is 6.61 Å². The molecule has 0 bridgehead atoms. The van der Waals surface area contributed by atoms with Crippen molar-refractivity contribution in [1.82, 2.24) is 5.32 Å². The van der Waals surface area contributed by atoms with Crippen molar-refractivity contribution in [2.45, 2.75) is 45.8 Å². The van der Waals surface area contributed by atoms with Crippen molar-refractivity contribution in [3.8, 4) is 0 Å². The molecule has 3 atom stereocenters. The van der Waals surface area contributed by atoms with Crippen LogP contribution in [0.15, 0.2) is 24.3 Å². The lowest BCUT2D eigenvalue weighted by Gasteiger charge is -2.28. The van der Waals surface area contributed by atoms with Crippen molar-refractivity contribution >= 4 is 0 Å². The van der Waals surface area contributed by atoms with Gasteiger partial charge in [0.25, 0.3) is 0 Å². The van der Waals surface area contributed by atoms with E-state index in [4.69, 9.17) is 4.74 Å². The molecule has 0 radical (unpaired) electrons. The molecule has 1 aliphatic heterocycles. The highest BCUT2D eigenvalue weighted by Crippen LogP contribution is 2.32. The maximum atomic E-state index is 5.97. The smallest absolute Gasteiger partial charge is 0.0796 e. The lowest BCUT2D eigenvalue weighted by molar-refractivity contribution is 0.0605. The molecule has 1 aromatic rings. The van der Waals surface area contributed by atoms with Gasteiger partial charge in [-0.15, -0.1) is 0 Å². The molecule has 18 heavy (non-hydrogen) atoms. The van der Waals surface area contributed by atoms with E-state index in [-0.39, 0.29) is 0 Å². The Morgan fingerprint density at radius 3 is 2.78 bits per heavy atom. The van der Waals surface area contributed by atoms with Crippen LogP contribution in [0.3, 0.4) is 0 Å². The van der Waals surface area contributed by atoms with Gasteiger partial charge in [-0.05, 0) is 43.4 Å². The maximum absolute atomic E-state index is 5.97. The molecule has 0 spiro atoms. The first-order chi connectivity index (χ1) is 8.74. The van der Waals surface area contributed by atoms with Gasteiger partial charge in [-0.25, -0.2) is 0 Å². The van der Waals surface area contributed by atoms with Gasteiger partial charge in [-0.1, -0.05) is 38.1 Å². The van der Waals surface area contributed by atoms with E-state index in [0.717, 1.165) is 19.6 Å². The zero-order valence-corrected chi connectivity index (χ0v) is 11.8. The number of rotatable bonds is 5. The highest BCUT2D eigenvalue weighted by molar-refractivity contribution is 5.30. The number of hydrogen-bond acceptors (Lipinski definition) is 2. The quantitative estimate of drug-likeness (QED) is 0.860. The minimum Gasteiger partial charge on any atom is -0.376 e. The average molecular weight is 247 g/mol. The van der Waals surface area contributed by atoms with Crippen LogP contribution in [0.1, 0.15) is 43.9 Å². The van der Waals surface area contributed by atoms with Crippen LogP contribution >= 0.6 is 0 Å². The lowest BCUT2D eigenvalue weighted by Crippen LogP contribution is -2.35. The molecule has 1 saturated heterocycles. The van der Waals surface area contributed by atoms with E-state index in [1.165, 1.54) is 17.5 Å². The molecule has 2 rings (SSSR count). The minimum absolute atomic E-state index is 0.317. The molecular formula is C16H25NO. The molecule has 3 unspecified atom stereocenters. The predicted octanol–water partition coefficient (Wildman–Crippen LogP) is 3.46. The molecule has 1 aliphatic rings. The van der Waals surface area contributed by atoms with E-state index >= 15 is 0 Å². The van der Waals surface area contributed by atoms with Gasteiger partial charge in [0.05, 0.1) is 12.1 Å². The summed E-state index contributed by atoms with van der Waals surface area (Å²) < 4.78 is 5.97. The molecule has 1 fully saturated rings. The Hall–Kier alpha value is -0.860. The van der Waals surface area contributed by atoms with E-state index in [1.807, 2.05) is 0 Å². The average Bonchev–Trinajstić information content (AvgIpc) is 2.78. The molecular weight excluding hydrogens is 222 g/mol. The monoisotopic (exact) mass is 247 g/mol. The van der Waals surface area contributed by atoms with Crippen LogP contribution < -0.4 is 5.32 Å². The third-order valence-corrected chi connectivity index (χ3v) is 3.91. The van der Waals surface area contributed by atoms with Crippen LogP contribution in [-0.2, 0) is 4.74 Å². The van der Waals surface area contributed by atoms with Crippen LogP contribution in [-0.4, -0.2) is 19.3 Å². The van der Waals surface area contributed by atoms with E-state index in [0.29, 0.717) is 18.1 Å². The summed E-state index contributed by atoms with van der Waals surface area (Å²) >= 11 is 0. The molecule has 100 valence electrons. The van der Waals surface area contributed by atoms with Crippen molar-refractivity contribution in [1.29, 1.82) is 0 Å². The second kappa shape index (κ2) is 6.35. The fourth-order valence-corrected chi connectivity index (χ4v) is 2.78. The molecule has 2 nitrogen and oxygen atoms in total. The largest absolute Gasteiger partial charge is 0.376 e. The first-order valence-electron chi connectivity index (χ1n) is 7.14. The predicted molar refractivity (Wildman–Crippen MR) is 75.7 cm³/mol. The summed E-state index contributed by atoms with van der Waals surface area (Å²) in [5, 5.41) is 3.67. The molecule has 1 aromatic carbocycles. The van der Waals surface area contributed by atoms with Crippen molar-refractivity contribution < 1.29 is 4.74 Å². The van der Waals surface area contributed by atoms with E-state index in [2.05, 4.69) is 50.4 Å². The SMILES string of the molecule is CCCNC(c1ccccc1C)C1OCCC1C. The summed E-state index contributed by atoms with van der Waals surface area (Å²) in [6, 6.07) is 8.99. The zero-order valence-electron chi connectivity index (χ0n) is 11.8. The normalized spacial score (nSPS) is 25.3.